The predicted octanol–water partition coefficient (Wildman–Crippen LogP) is 1.64. The molecule has 2 N–H and O–H groups in total. The van der Waals surface area contributed by atoms with Crippen LogP contribution in [0.5, 0.6) is 0 Å². The fourth-order valence-corrected chi connectivity index (χ4v) is 1.25. The lowest BCUT2D eigenvalue weighted by Gasteiger charge is -2.11. The van der Waals surface area contributed by atoms with Crippen molar-refractivity contribution in [2.75, 3.05) is 0 Å². The topological polar surface area (TPSA) is 57.5 Å². The molecule has 1 aromatic rings. The van der Waals surface area contributed by atoms with Crippen molar-refractivity contribution in [1.29, 1.82) is 0 Å². The molecular weight excluding hydrogens is 187 g/mol. The number of aliphatic hydroxyl groups excluding tert-OH is 1. The zero-order chi connectivity index (χ0) is 10.7. The van der Waals surface area contributed by atoms with Gasteiger partial charge in [0.05, 0.1) is 12.5 Å². The molecule has 3 nitrogen and oxygen atoms in total. The van der Waals surface area contributed by atoms with Gasteiger partial charge in [-0.15, -0.1) is 0 Å². The minimum Gasteiger partial charge on any atom is -0.481 e. The second kappa shape index (κ2) is 4.19. The number of benzene rings is 1. The number of aryl methyl sites for hydroxylation is 1. The average Bonchev–Trinajstić information content (AvgIpc) is 2.08. The Balaban J connectivity index is 2.93. The van der Waals surface area contributed by atoms with Crippen molar-refractivity contribution < 1.29 is 19.4 Å². The Morgan fingerprint density at radius 2 is 2.21 bits per heavy atom. The molecule has 0 saturated carbocycles. The Hall–Kier alpha value is -1.42. The maximum Gasteiger partial charge on any atom is 0.306 e. The molecule has 4 heteroatoms. The summed E-state index contributed by atoms with van der Waals surface area (Å²) in [5.41, 5.74) is 1.01. The Morgan fingerprint density at radius 1 is 1.57 bits per heavy atom. The van der Waals surface area contributed by atoms with Crippen molar-refractivity contribution in [3.8, 4) is 0 Å². The van der Waals surface area contributed by atoms with E-state index in [2.05, 4.69) is 0 Å². The van der Waals surface area contributed by atoms with E-state index in [1.54, 1.807) is 6.92 Å². The lowest BCUT2D eigenvalue weighted by atomic mass is 10.0. The summed E-state index contributed by atoms with van der Waals surface area (Å²) in [5.74, 6) is -1.59. The van der Waals surface area contributed by atoms with Gasteiger partial charge in [-0.2, -0.15) is 0 Å². The van der Waals surface area contributed by atoms with E-state index in [0.29, 0.717) is 11.1 Å². The minimum absolute atomic E-state index is 0.326. The summed E-state index contributed by atoms with van der Waals surface area (Å²) in [7, 11) is 0. The van der Waals surface area contributed by atoms with Crippen molar-refractivity contribution in [3.63, 3.8) is 0 Å². The van der Waals surface area contributed by atoms with Crippen LogP contribution >= 0.6 is 0 Å². The molecule has 0 radical (unpaired) electrons. The van der Waals surface area contributed by atoms with Gasteiger partial charge in [-0.1, -0.05) is 6.07 Å². The second-order valence-electron chi connectivity index (χ2n) is 3.11. The smallest absolute Gasteiger partial charge is 0.306 e. The maximum atomic E-state index is 12.8. The van der Waals surface area contributed by atoms with Crippen LogP contribution in [0.25, 0.3) is 0 Å². The van der Waals surface area contributed by atoms with Gasteiger partial charge in [-0.3, -0.25) is 4.79 Å². The van der Waals surface area contributed by atoms with Gasteiger partial charge < -0.3 is 10.2 Å². The van der Waals surface area contributed by atoms with Gasteiger partial charge >= 0.3 is 5.97 Å². The van der Waals surface area contributed by atoms with E-state index >= 15 is 0 Å². The summed E-state index contributed by atoms with van der Waals surface area (Å²) in [5, 5.41) is 17.9. The van der Waals surface area contributed by atoms with E-state index in [1.807, 2.05) is 0 Å². The van der Waals surface area contributed by atoms with E-state index in [1.165, 1.54) is 12.1 Å². The Bertz CT molecular complexity index is 349. The molecule has 14 heavy (non-hydrogen) atoms. The third-order valence-corrected chi connectivity index (χ3v) is 1.97. The van der Waals surface area contributed by atoms with Crippen LogP contribution in [0.2, 0.25) is 0 Å². The van der Waals surface area contributed by atoms with Crippen LogP contribution in [-0.2, 0) is 4.79 Å². The summed E-state index contributed by atoms with van der Waals surface area (Å²) in [6.45, 7) is 1.69. The Morgan fingerprint density at radius 3 is 2.79 bits per heavy atom. The van der Waals surface area contributed by atoms with Crippen molar-refractivity contribution in [1.82, 2.24) is 0 Å². The molecule has 0 spiro atoms. The van der Waals surface area contributed by atoms with Gasteiger partial charge in [-0.25, -0.2) is 4.39 Å². The summed E-state index contributed by atoms with van der Waals surface area (Å²) < 4.78 is 12.8. The van der Waals surface area contributed by atoms with Crippen molar-refractivity contribution in [2.24, 2.45) is 0 Å². The zero-order valence-corrected chi connectivity index (χ0v) is 7.70. The normalized spacial score (nSPS) is 12.5. The fraction of sp³-hybridized carbons (Fsp3) is 0.300. The summed E-state index contributed by atoms with van der Waals surface area (Å²) in [6, 6.07) is 3.94. The van der Waals surface area contributed by atoms with Gasteiger partial charge in [0, 0.05) is 0 Å². The van der Waals surface area contributed by atoms with Crippen LogP contribution in [0.1, 0.15) is 23.7 Å². The molecular formula is C10H11FO3. The number of hydrogen-bond acceptors (Lipinski definition) is 2. The third-order valence-electron chi connectivity index (χ3n) is 1.97. The molecule has 0 aliphatic heterocycles. The molecule has 0 heterocycles. The molecule has 0 bridgehead atoms. The van der Waals surface area contributed by atoms with Gasteiger partial charge in [0.1, 0.15) is 5.82 Å². The first-order valence-corrected chi connectivity index (χ1v) is 4.16. The summed E-state index contributed by atoms with van der Waals surface area (Å²) in [6.07, 6.45) is -1.56. The predicted molar refractivity (Wildman–Crippen MR) is 48.3 cm³/mol. The van der Waals surface area contributed by atoms with Crippen molar-refractivity contribution in [3.05, 3.63) is 35.1 Å². The van der Waals surface area contributed by atoms with Gasteiger partial charge in [0.2, 0.25) is 0 Å². The number of rotatable bonds is 3. The van der Waals surface area contributed by atoms with Crippen LogP contribution in [-0.4, -0.2) is 16.2 Å². The van der Waals surface area contributed by atoms with E-state index in [9.17, 15) is 14.3 Å². The molecule has 1 aromatic carbocycles. The Labute approximate surface area is 80.8 Å². The lowest BCUT2D eigenvalue weighted by molar-refractivity contribution is -0.139. The van der Waals surface area contributed by atoms with Gasteiger partial charge in [-0.05, 0) is 30.2 Å². The number of carboxylic acids is 1. The first kappa shape index (κ1) is 10.7. The highest BCUT2D eigenvalue weighted by Gasteiger charge is 2.14. The number of carbonyl (C=O) groups is 1. The molecule has 0 aliphatic rings. The molecule has 0 fully saturated rings. The highest BCUT2D eigenvalue weighted by Crippen LogP contribution is 2.21. The average molecular weight is 198 g/mol. The Kier molecular flexibility index (Phi) is 3.19. The van der Waals surface area contributed by atoms with Crippen LogP contribution in [0.3, 0.4) is 0 Å². The van der Waals surface area contributed by atoms with Crippen LogP contribution in [0.15, 0.2) is 18.2 Å². The molecule has 1 rings (SSSR count). The SMILES string of the molecule is Cc1ccc(F)cc1[C@H](O)CC(=O)O. The summed E-state index contributed by atoms with van der Waals surface area (Å²) >= 11 is 0. The number of carboxylic acid groups (broad SMARTS) is 1. The standard InChI is InChI=1S/C10H11FO3/c1-6-2-3-7(11)4-8(6)9(12)5-10(13)14/h2-4,9,12H,5H2,1H3,(H,13,14)/t9-/m1/s1. The molecule has 1 atom stereocenters. The second-order valence-corrected chi connectivity index (χ2v) is 3.11. The number of aliphatic carboxylic acids is 1. The summed E-state index contributed by atoms with van der Waals surface area (Å²) in [4.78, 5) is 10.3. The van der Waals surface area contributed by atoms with E-state index in [4.69, 9.17) is 5.11 Å². The van der Waals surface area contributed by atoms with Crippen LogP contribution in [0.4, 0.5) is 4.39 Å². The fourth-order valence-electron chi connectivity index (χ4n) is 1.25. The van der Waals surface area contributed by atoms with Crippen LogP contribution < -0.4 is 0 Å². The van der Waals surface area contributed by atoms with Crippen LogP contribution in [0, 0.1) is 12.7 Å². The van der Waals surface area contributed by atoms with E-state index in [0.717, 1.165) is 6.07 Å². The van der Waals surface area contributed by atoms with Crippen molar-refractivity contribution >= 4 is 5.97 Å². The molecule has 0 unspecified atom stereocenters. The lowest BCUT2D eigenvalue weighted by Crippen LogP contribution is -2.07. The quantitative estimate of drug-likeness (QED) is 0.776. The molecule has 0 aliphatic carbocycles. The third kappa shape index (κ3) is 2.53. The monoisotopic (exact) mass is 198 g/mol. The number of aliphatic hydroxyl groups is 1. The number of halogens is 1. The maximum absolute atomic E-state index is 12.8. The molecule has 76 valence electrons. The molecule has 0 saturated heterocycles. The number of hydrogen-bond donors (Lipinski definition) is 2. The van der Waals surface area contributed by atoms with E-state index in [-0.39, 0.29) is 0 Å². The largest absolute Gasteiger partial charge is 0.481 e. The molecule has 0 aromatic heterocycles. The minimum atomic E-state index is -1.15. The van der Waals surface area contributed by atoms with Gasteiger partial charge in [0.15, 0.2) is 0 Å². The first-order chi connectivity index (χ1) is 6.50. The highest BCUT2D eigenvalue weighted by atomic mass is 19.1. The zero-order valence-electron chi connectivity index (χ0n) is 7.70. The van der Waals surface area contributed by atoms with E-state index < -0.39 is 24.3 Å². The first-order valence-electron chi connectivity index (χ1n) is 4.16. The highest BCUT2D eigenvalue weighted by molar-refractivity contribution is 5.67. The van der Waals surface area contributed by atoms with Crippen molar-refractivity contribution in [2.45, 2.75) is 19.4 Å². The van der Waals surface area contributed by atoms with Gasteiger partial charge in [0.25, 0.3) is 0 Å². The molecule has 0 amide bonds.